The molecule has 0 spiro atoms. The molecular formula is C18H23NO. The summed E-state index contributed by atoms with van der Waals surface area (Å²) in [6, 6.07) is 16.9. The number of nitrogens with one attached hydrogen (secondary N) is 1. The number of rotatable bonds is 6. The van der Waals surface area contributed by atoms with Crippen LogP contribution in [0.3, 0.4) is 0 Å². The maximum atomic E-state index is 5.67. The second kappa shape index (κ2) is 7.11. The monoisotopic (exact) mass is 269 g/mol. The van der Waals surface area contributed by atoms with E-state index in [1.165, 1.54) is 16.7 Å². The number of ether oxygens (including phenoxy) is 1. The van der Waals surface area contributed by atoms with E-state index in [-0.39, 0.29) is 6.10 Å². The molecule has 20 heavy (non-hydrogen) atoms. The quantitative estimate of drug-likeness (QED) is 0.846. The first-order valence-corrected chi connectivity index (χ1v) is 7.26. The Morgan fingerprint density at radius 1 is 1.00 bits per heavy atom. The molecule has 0 atom stereocenters. The van der Waals surface area contributed by atoms with E-state index >= 15 is 0 Å². The van der Waals surface area contributed by atoms with Gasteiger partial charge < -0.3 is 10.1 Å². The number of hydrogen-bond donors (Lipinski definition) is 1. The van der Waals surface area contributed by atoms with Gasteiger partial charge in [-0.2, -0.15) is 0 Å². The van der Waals surface area contributed by atoms with Gasteiger partial charge in [0.1, 0.15) is 5.75 Å². The first kappa shape index (κ1) is 14.6. The van der Waals surface area contributed by atoms with E-state index < -0.39 is 0 Å². The van der Waals surface area contributed by atoms with Crippen LogP contribution < -0.4 is 10.1 Å². The van der Waals surface area contributed by atoms with Crippen molar-refractivity contribution in [1.82, 2.24) is 5.32 Å². The maximum Gasteiger partial charge on any atom is 0.119 e. The molecule has 2 rings (SSSR count). The lowest BCUT2D eigenvalue weighted by Gasteiger charge is -2.10. The second-order valence-electron chi connectivity index (χ2n) is 5.17. The van der Waals surface area contributed by atoms with Gasteiger partial charge in [-0.05, 0) is 55.3 Å². The minimum atomic E-state index is 0.212. The fraction of sp³-hybridized carbons (Fsp3) is 0.333. The molecule has 2 nitrogen and oxygen atoms in total. The van der Waals surface area contributed by atoms with Crippen molar-refractivity contribution in [3.8, 4) is 16.9 Å². The van der Waals surface area contributed by atoms with Crippen LogP contribution in [0.2, 0.25) is 0 Å². The summed E-state index contributed by atoms with van der Waals surface area (Å²) in [5.41, 5.74) is 3.78. The summed E-state index contributed by atoms with van der Waals surface area (Å²) >= 11 is 0. The summed E-state index contributed by atoms with van der Waals surface area (Å²) in [5, 5.41) is 3.35. The van der Waals surface area contributed by atoms with E-state index in [0.717, 1.165) is 18.8 Å². The molecule has 0 amide bonds. The van der Waals surface area contributed by atoms with Gasteiger partial charge in [-0.15, -0.1) is 0 Å². The topological polar surface area (TPSA) is 21.3 Å². The Bertz CT molecular complexity index is 531. The van der Waals surface area contributed by atoms with Gasteiger partial charge in [-0.3, -0.25) is 0 Å². The van der Waals surface area contributed by atoms with Crippen molar-refractivity contribution < 1.29 is 4.74 Å². The van der Waals surface area contributed by atoms with Crippen LogP contribution in [0.4, 0.5) is 0 Å². The third kappa shape index (κ3) is 4.10. The fourth-order valence-electron chi connectivity index (χ4n) is 2.13. The summed E-state index contributed by atoms with van der Waals surface area (Å²) in [4.78, 5) is 0. The van der Waals surface area contributed by atoms with Crippen molar-refractivity contribution in [3.63, 3.8) is 0 Å². The molecule has 0 saturated heterocycles. The van der Waals surface area contributed by atoms with Crippen LogP contribution in [0.15, 0.2) is 48.5 Å². The third-order valence-corrected chi connectivity index (χ3v) is 3.07. The highest BCUT2D eigenvalue weighted by molar-refractivity contribution is 5.64. The predicted molar refractivity (Wildman–Crippen MR) is 85.0 cm³/mol. The Labute approximate surface area is 121 Å². The first-order valence-electron chi connectivity index (χ1n) is 7.26. The summed E-state index contributed by atoms with van der Waals surface area (Å²) in [6.07, 6.45) is 0.212. The number of hydrogen-bond acceptors (Lipinski definition) is 2. The molecule has 0 unspecified atom stereocenters. The standard InChI is InChI=1S/C18H23NO/c1-4-19-13-15-6-5-7-17(12-15)16-8-10-18(11-9-16)20-14(2)3/h5-12,14,19H,4,13H2,1-3H3. The lowest BCUT2D eigenvalue weighted by molar-refractivity contribution is 0.242. The van der Waals surface area contributed by atoms with E-state index in [1.807, 2.05) is 26.0 Å². The molecule has 0 fully saturated rings. The first-order chi connectivity index (χ1) is 9.69. The van der Waals surface area contributed by atoms with E-state index in [0.29, 0.717) is 0 Å². The Balaban J connectivity index is 2.14. The van der Waals surface area contributed by atoms with Gasteiger partial charge in [0.15, 0.2) is 0 Å². The Morgan fingerprint density at radius 3 is 2.40 bits per heavy atom. The molecule has 0 aliphatic carbocycles. The van der Waals surface area contributed by atoms with Gasteiger partial charge in [0.05, 0.1) is 6.10 Å². The normalized spacial score (nSPS) is 10.8. The molecule has 0 saturated carbocycles. The molecule has 0 aromatic heterocycles. The van der Waals surface area contributed by atoms with Crippen molar-refractivity contribution >= 4 is 0 Å². The van der Waals surface area contributed by atoms with E-state index in [1.54, 1.807) is 0 Å². The van der Waals surface area contributed by atoms with Crippen LogP contribution in [-0.2, 0) is 6.54 Å². The van der Waals surface area contributed by atoms with Gasteiger partial charge in [-0.1, -0.05) is 37.3 Å². The molecular weight excluding hydrogens is 246 g/mol. The zero-order chi connectivity index (χ0) is 14.4. The lowest BCUT2D eigenvalue weighted by atomic mass is 10.0. The minimum absolute atomic E-state index is 0.212. The van der Waals surface area contributed by atoms with Crippen LogP contribution in [-0.4, -0.2) is 12.6 Å². The highest BCUT2D eigenvalue weighted by Crippen LogP contribution is 2.23. The Kier molecular flexibility index (Phi) is 5.19. The summed E-state index contributed by atoms with van der Waals surface area (Å²) in [7, 11) is 0. The molecule has 0 heterocycles. The molecule has 0 aliphatic heterocycles. The Hall–Kier alpha value is -1.80. The highest BCUT2D eigenvalue weighted by Gasteiger charge is 2.01. The largest absolute Gasteiger partial charge is 0.491 e. The summed E-state index contributed by atoms with van der Waals surface area (Å²) < 4.78 is 5.67. The minimum Gasteiger partial charge on any atom is -0.491 e. The molecule has 2 aromatic rings. The van der Waals surface area contributed by atoms with Crippen LogP contribution >= 0.6 is 0 Å². The van der Waals surface area contributed by atoms with Gasteiger partial charge in [0.25, 0.3) is 0 Å². The van der Waals surface area contributed by atoms with E-state index in [9.17, 15) is 0 Å². The second-order valence-corrected chi connectivity index (χ2v) is 5.17. The highest BCUT2D eigenvalue weighted by atomic mass is 16.5. The maximum absolute atomic E-state index is 5.67. The number of benzene rings is 2. The average molecular weight is 269 g/mol. The van der Waals surface area contributed by atoms with Crippen LogP contribution in [0.5, 0.6) is 5.75 Å². The van der Waals surface area contributed by atoms with E-state index in [2.05, 4.69) is 48.6 Å². The van der Waals surface area contributed by atoms with Crippen LogP contribution in [0, 0.1) is 0 Å². The predicted octanol–water partition coefficient (Wildman–Crippen LogP) is 4.25. The van der Waals surface area contributed by atoms with E-state index in [4.69, 9.17) is 4.74 Å². The average Bonchev–Trinajstić information content (AvgIpc) is 2.45. The van der Waals surface area contributed by atoms with Crippen LogP contribution in [0.25, 0.3) is 11.1 Å². The smallest absolute Gasteiger partial charge is 0.119 e. The zero-order valence-electron chi connectivity index (χ0n) is 12.5. The van der Waals surface area contributed by atoms with Crippen molar-refractivity contribution in [2.45, 2.75) is 33.4 Å². The van der Waals surface area contributed by atoms with Crippen molar-refractivity contribution in [1.29, 1.82) is 0 Å². The molecule has 106 valence electrons. The van der Waals surface area contributed by atoms with Crippen molar-refractivity contribution in [2.75, 3.05) is 6.54 Å². The van der Waals surface area contributed by atoms with Gasteiger partial charge in [-0.25, -0.2) is 0 Å². The van der Waals surface area contributed by atoms with Crippen molar-refractivity contribution in [3.05, 3.63) is 54.1 Å². The SMILES string of the molecule is CCNCc1cccc(-c2ccc(OC(C)C)cc2)c1. The third-order valence-electron chi connectivity index (χ3n) is 3.07. The van der Waals surface area contributed by atoms with Crippen molar-refractivity contribution in [2.24, 2.45) is 0 Å². The summed E-state index contributed by atoms with van der Waals surface area (Å²) in [6.45, 7) is 8.11. The molecule has 2 aromatic carbocycles. The molecule has 0 aliphatic rings. The Morgan fingerprint density at radius 2 is 1.75 bits per heavy atom. The summed E-state index contributed by atoms with van der Waals surface area (Å²) in [5.74, 6) is 0.924. The molecule has 0 bridgehead atoms. The molecule has 2 heteroatoms. The van der Waals surface area contributed by atoms with Gasteiger partial charge in [0.2, 0.25) is 0 Å². The van der Waals surface area contributed by atoms with Gasteiger partial charge in [0, 0.05) is 6.54 Å². The zero-order valence-corrected chi connectivity index (χ0v) is 12.5. The van der Waals surface area contributed by atoms with Gasteiger partial charge >= 0.3 is 0 Å². The molecule has 1 N–H and O–H groups in total. The fourth-order valence-corrected chi connectivity index (χ4v) is 2.13. The lowest BCUT2D eigenvalue weighted by Crippen LogP contribution is -2.11. The molecule has 0 radical (unpaired) electrons. The van der Waals surface area contributed by atoms with Crippen LogP contribution in [0.1, 0.15) is 26.3 Å².